The number of amides is 1. The quantitative estimate of drug-likeness (QED) is 0.539. The Morgan fingerprint density at radius 2 is 1.52 bits per heavy atom. The van der Waals surface area contributed by atoms with E-state index < -0.39 is 6.04 Å². The number of hydrogen-bond acceptors (Lipinski definition) is 3. The van der Waals surface area contributed by atoms with Crippen molar-refractivity contribution in [3.05, 3.63) is 101 Å². The molecule has 0 aliphatic carbocycles. The van der Waals surface area contributed by atoms with Gasteiger partial charge in [-0.2, -0.15) is 0 Å². The number of ketones is 1. The number of nitrogens with one attached hydrogen (secondary N) is 1. The summed E-state index contributed by atoms with van der Waals surface area (Å²) >= 11 is 0. The molecule has 0 radical (unpaired) electrons. The van der Waals surface area contributed by atoms with Gasteiger partial charge in [0.05, 0.1) is 12.1 Å². The molecule has 1 atom stereocenters. The van der Waals surface area contributed by atoms with Gasteiger partial charge in [0.1, 0.15) is 5.75 Å². The van der Waals surface area contributed by atoms with Crippen LogP contribution in [0.1, 0.15) is 40.9 Å². The number of benzene rings is 3. The van der Waals surface area contributed by atoms with Crippen LogP contribution in [-0.2, 0) is 17.6 Å². The summed E-state index contributed by atoms with van der Waals surface area (Å²) in [5.41, 5.74) is 3.41. The van der Waals surface area contributed by atoms with Gasteiger partial charge in [-0.1, -0.05) is 60.7 Å². The van der Waals surface area contributed by atoms with Gasteiger partial charge in [0, 0.05) is 12.0 Å². The highest BCUT2D eigenvalue weighted by atomic mass is 16.5. The van der Waals surface area contributed by atoms with Crippen LogP contribution in [0, 0.1) is 6.92 Å². The highest BCUT2D eigenvalue weighted by molar-refractivity contribution is 5.98. The zero-order valence-corrected chi connectivity index (χ0v) is 18.3. The molecular formula is C27H29NO3. The predicted octanol–water partition coefficient (Wildman–Crippen LogP) is 4.94. The summed E-state index contributed by atoms with van der Waals surface area (Å²) < 4.78 is 5.86. The second-order valence-electron chi connectivity index (χ2n) is 7.93. The van der Waals surface area contributed by atoms with Crippen molar-refractivity contribution < 1.29 is 14.3 Å². The van der Waals surface area contributed by atoms with Gasteiger partial charge < -0.3 is 10.1 Å². The van der Waals surface area contributed by atoms with Crippen molar-refractivity contribution in [2.75, 3.05) is 0 Å². The zero-order valence-electron chi connectivity index (χ0n) is 18.3. The first-order chi connectivity index (χ1) is 14.9. The van der Waals surface area contributed by atoms with Crippen LogP contribution in [0.3, 0.4) is 0 Å². The van der Waals surface area contributed by atoms with Crippen LogP contribution < -0.4 is 10.1 Å². The van der Waals surface area contributed by atoms with Crippen LogP contribution in [0.4, 0.5) is 0 Å². The predicted molar refractivity (Wildman–Crippen MR) is 123 cm³/mol. The molecule has 0 aromatic heterocycles. The van der Waals surface area contributed by atoms with Gasteiger partial charge >= 0.3 is 0 Å². The van der Waals surface area contributed by atoms with Gasteiger partial charge in [0.2, 0.25) is 0 Å². The van der Waals surface area contributed by atoms with E-state index >= 15 is 0 Å². The molecule has 3 rings (SSSR count). The minimum Gasteiger partial charge on any atom is -0.491 e. The largest absolute Gasteiger partial charge is 0.491 e. The van der Waals surface area contributed by atoms with E-state index in [2.05, 4.69) is 5.32 Å². The molecule has 1 unspecified atom stereocenters. The van der Waals surface area contributed by atoms with Gasteiger partial charge in [-0.3, -0.25) is 9.59 Å². The third-order valence-corrected chi connectivity index (χ3v) is 5.14. The summed E-state index contributed by atoms with van der Waals surface area (Å²) in [6.45, 7) is 5.92. The first kappa shape index (κ1) is 22.3. The molecule has 160 valence electrons. The Morgan fingerprint density at radius 1 is 0.871 bits per heavy atom. The van der Waals surface area contributed by atoms with E-state index in [0.29, 0.717) is 12.0 Å². The van der Waals surface area contributed by atoms with Crippen molar-refractivity contribution in [2.45, 2.75) is 45.8 Å². The molecule has 1 amide bonds. The van der Waals surface area contributed by atoms with Crippen molar-refractivity contribution in [2.24, 2.45) is 0 Å². The van der Waals surface area contributed by atoms with Crippen LogP contribution >= 0.6 is 0 Å². The molecule has 31 heavy (non-hydrogen) atoms. The topological polar surface area (TPSA) is 55.4 Å². The number of Topliss-reactive ketones (excluding diaryl/α,β-unsaturated/α-hetero) is 1. The third kappa shape index (κ3) is 6.29. The van der Waals surface area contributed by atoms with Crippen LogP contribution in [0.15, 0.2) is 78.9 Å². The van der Waals surface area contributed by atoms with Gasteiger partial charge in [0.15, 0.2) is 5.78 Å². The SMILES string of the molecule is Cc1c(CC(=O)C(Cc2ccccc2)NC(=O)c2ccccc2)cccc1OC(C)C. The molecule has 0 fully saturated rings. The minimum absolute atomic E-state index is 0.0297. The first-order valence-electron chi connectivity index (χ1n) is 10.6. The first-order valence-corrected chi connectivity index (χ1v) is 10.6. The standard InChI is InChI=1S/C27H29NO3/c1-19(2)31-26-16-10-15-23(20(26)3)18-25(29)24(17-21-11-6-4-7-12-21)28-27(30)22-13-8-5-9-14-22/h4-16,19,24H,17-18H2,1-3H3,(H,28,30). The number of hydrogen-bond donors (Lipinski definition) is 1. The molecule has 3 aromatic carbocycles. The van der Waals surface area contributed by atoms with Crippen LogP contribution in [0.2, 0.25) is 0 Å². The Kier molecular flexibility index (Phi) is 7.60. The molecule has 0 aliphatic heterocycles. The number of carbonyl (C=O) groups is 2. The minimum atomic E-state index is -0.621. The average Bonchev–Trinajstić information content (AvgIpc) is 2.77. The second kappa shape index (κ2) is 10.6. The summed E-state index contributed by atoms with van der Waals surface area (Å²) in [4.78, 5) is 26.1. The molecule has 0 bridgehead atoms. The lowest BCUT2D eigenvalue weighted by Crippen LogP contribution is -2.43. The van der Waals surface area contributed by atoms with Gasteiger partial charge in [-0.25, -0.2) is 0 Å². The molecule has 4 heteroatoms. The van der Waals surface area contributed by atoms with E-state index in [1.807, 2.05) is 87.5 Å². The van der Waals surface area contributed by atoms with E-state index in [1.165, 1.54) is 0 Å². The summed E-state index contributed by atoms with van der Waals surface area (Å²) in [5.74, 6) is 0.509. The molecule has 4 nitrogen and oxygen atoms in total. The lowest BCUT2D eigenvalue weighted by atomic mass is 9.95. The lowest BCUT2D eigenvalue weighted by molar-refractivity contribution is -0.120. The molecule has 1 N–H and O–H groups in total. The maximum atomic E-state index is 13.3. The third-order valence-electron chi connectivity index (χ3n) is 5.14. The molecule has 0 saturated heterocycles. The number of ether oxygens (including phenoxy) is 1. The molecule has 0 saturated carbocycles. The van der Waals surface area contributed by atoms with Crippen molar-refractivity contribution in [1.82, 2.24) is 5.32 Å². The van der Waals surface area contributed by atoms with Crippen LogP contribution in [0.5, 0.6) is 5.75 Å². The molecular weight excluding hydrogens is 386 g/mol. The van der Waals surface area contributed by atoms with Crippen molar-refractivity contribution in [3.63, 3.8) is 0 Å². The highest BCUT2D eigenvalue weighted by Gasteiger charge is 2.23. The highest BCUT2D eigenvalue weighted by Crippen LogP contribution is 2.23. The maximum Gasteiger partial charge on any atom is 0.251 e. The van der Waals surface area contributed by atoms with Crippen LogP contribution in [0.25, 0.3) is 0 Å². The molecule has 3 aromatic rings. The van der Waals surface area contributed by atoms with E-state index in [0.717, 1.165) is 22.4 Å². The number of carbonyl (C=O) groups excluding carboxylic acids is 2. The van der Waals surface area contributed by atoms with E-state index in [1.54, 1.807) is 12.1 Å². The number of rotatable bonds is 9. The molecule has 0 heterocycles. The fraction of sp³-hybridized carbons (Fsp3) is 0.259. The Bertz CT molecular complexity index is 1010. The van der Waals surface area contributed by atoms with E-state index in [4.69, 9.17) is 4.74 Å². The van der Waals surface area contributed by atoms with E-state index in [9.17, 15) is 9.59 Å². The van der Waals surface area contributed by atoms with Gasteiger partial charge in [-0.05, 0) is 62.1 Å². The summed E-state index contributed by atoms with van der Waals surface area (Å²) in [5, 5.41) is 2.95. The average molecular weight is 416 g/mol. The lowest BCUT2D eigenvalue weighted by Gasteiger charge is -2.20. The fourth-order valence-electron chi connectivity index (χ4n) is 3.47. The molecule has 0 aliphatic rings. The summed E-state index contributed by atoms with van der Waals surface area (Å²) in [6.07, 6.45) is 0.730. The second-order valence-corrected chi connectivity index (χ2v) is 7.93. The Labute approximate surface area is 184 Å². The monoisotopic (exact) mass is 415 g/mol. The normalized spacial score (nSPS) is 11.7. The van der Waals surface area contributed by atoms with Crippen LogP contribution in [-0.4, -0.2) is 23.8 Å². The summed E-state index contributed by atoms with van der Waals surface area (Å²) in [7, 11) is 0. The zero-order chi connectivity index (χ0) is 22.2. The fourth-order valence-corrected chi connectivity index (χ4v) is 3.47. The van der Waals surface area contributed by atoms with Crippen molar-refractivity contribution in [3.8, 4) is 5.75 Å². The van der Waals surface area contributed by atoms with E-state index in [-0.39, 0.29) is 24.2 Å². The Hall–Kier alpha value is -3.40. The Morgan fingerprint density at radius 3 is 2.16 bits per heavy atom. The molecule has 0 spiro atoms. The van der Waals surface area contributed by atoms with Crippen molar-refractivity contribution in [1.29, 1.82) is 0 Å². The van der Waals surface area contributed by atoms with Gasteiger partial charge in [-0.15, -0.1) is 0 Å². The maximum absolute atomic E-state index is 13.3. The smallest absolute Gasteiger partial charge is 0.251 e. The summed E-state index contributed by atoms with van der Waals surface area (Å²) in [6, 6.07) is 23.9. The van der Waals surface area contributed by atoms with Crippen molar-refractivity contribution >= 4 is 11.7 Å². The van der Waals surface area contributed by atoms with Gasteiger partial charge in [0.25, 0.3) is 5.91 Å². The Balaban J connectivity index is 1.81.